The maximum absolute atomic E-state index is 12.1. The van der Waals surface area contributed by atoms with Gasteiger partial charge >= 0.3 is 5.97 Å². The number of esters is 1. The Bertz CT molecular complexity index is 558. The highest BCUT2D eigenvalue weighted by molar-refractivity contribution is 6.01. The normalized spacial score (nSPS) is 10.8. The highest BCUT2D eigenvalue weighted by Crippen LogP contribution is 2.29. The van der Waals surface area contributed by atoms with Gasteiger partial charge in [0.15, 0.2) is 0 Å². The third kappa shape index (κ3) is 2.23. The topological polar surface area (TPSA) is 46.2 Å². The Morgan fingerprint density at radius 1 is 1.12 bits per heavy atom. The van der Waals surface area contributed by atoms with E-state index in [2.05, 4.69) is 0 Å². The molecular formula is C14H13O3. The minimum atomic E-state index is -0.559. The van der Waals surface area contributed by atoms with Crippen molar-refractivity contribution < 1.29 is 14.6 Å². The molecule has 0 unspecified atom stereocenters. The standard InChI is InChI=1S/C14H13O3/c1-9(2)17-14(16)12-8-7-10-5-3-4-6-11(10)13(12)15/h3-9H,1-2H3. The fourth-order valence-corrected chi connectivity index (χ4v) is 1.68. The summed E-state index contributed by atoms with van der Waals surface area (Å²) in [5, 5.41) is 13.4. The second-order valence-electron chi connectivity index (χ2n) is 4.12. The van der Waals surface area contributed by atoms with Crippen molar-refractivity contribution in [2.75, 3.05) is 0 Å². The third-order valence-electron chi connectivity index (χ3n) is 2.44. The van der Waals surface area contributed by atoms with Gasteiger partial charge in [-0.1, -0.05) is 30.3 Å². The SMILES string of the molecule is CC(C)OC(=O)c1ccc2ccccc2c1[O]. The number of carbonyl (C=O) groups is 1. The molecule has 0 N–H and O–H groups in total. The summed E-state index contributed by atoms with van der Waals surface area (Å²) in [7, 11) is 0. The third-order valence-corrected chi connectivity index (χ3v) is 2.44. The zero-order valence-corrected chi connectivity index (χ0v) is 9.77. The maximum atomic E-state index is 12.1. The van der Waals surface area contributed by atoms with E-state index in [-0.39, 0.29) is 17.4 Å². The molecule has 0 aliphatic heterocycles. The first-order valence-electron chi connectivity index (χ1n) is 5.49. The Balaban J connectivity index is 2.49. The van der Waals surface area contributed by atoms with Crippen LogP contribution in [0.25, 0.3) is 10.8 Å². The zero-order valence-electron chi connectivity index (χ0n) is 9.77. The number of carbonyl (C=O) groups excluding carboxylic acids is 1. The van der Waals surface area contributed by atoms with Crippen molar-refractivity contribution in [2.45, 2.75) is 20.0 Å². The lowest BCUT2D eigenvalue weighted by Gasteiger charge is -2.09. The van der Waals surface area contributed by atoms with Crippen molar-refractivity contribution in [2.24, 2.45) is 0 Å². The molecule has 17 heavy (non-hydrogen) atoms. The average Bonchev–Trinajstić information content (AvgIpc) is 2.28. The number of benzene rings is 2. The molecule has 87 valence electrons. The van der Waals surface area contributed by atoms with E-state index in [0.29, 0.717) is 5.39 Å². The summed E-state index contributed by atoms with van der Waals surface area (Å²) < 4.78 is 5.03. The number of fused-ring (bicyclic) bond motifs is 1. The van der Waals surface area contributed by atoms with E-state index in [1.165, 1.54) is 6.07 Å². The molecular weight excluding hydrogens is 216 g/mol. The van der Waals surface area contributed by atoms with Gasteiger partial charge < -0.3 is 4.74 Å². The quantitative estimate of drug-likeness (QED) is 0.739. The first kappa shape index (κ1) is 11.5. The molecule has 0 spiro atoms. The van der Waals surface area contributed by atoms with Gasteiger partial charge in [-0.3, -0.25) is 5.11 Å². The molecule has 0 atom stereocenters. The van der Waals surface area contributed by atoms with Gasteiger partial charge in [0.05, 0.1) is 6.10 Å². The van der Waals surface area contributed by atoms with Crippen molar-refractivity contribution in [1.29, 1.82) is 0 Å². The molecule has 2 rings (SSSR count). The van der Waals surface area contributed by atoms with Crippen LogP contribution < -0.4 is 0 Å². The number of hydrogen-bond donors (Lipinski definition) is 0. The Hall–Kier alpha value is -2.03. The van der Waals surface area contributed by atoms with Crippen LogP contribution in [0.15, 0.2) is 36.4 Å². The minimum Gasteiger partial charge on any atom is -0.459 e. The lowest BCUT2D eigenvalue weighted by Crippen LogP contribution is -2.11. The summed E-state index contributed by atoms with van der Waals surface area (Å²) in [6.07, 6.45) is -0.228. The van der Waals surface area contributed by atoms with Crippen LogP contribution in [0.1, 0.15) is 24.2 Å². The molecule has 3 nitrogen and oxygen atoms in total. The number of rotatable bonds is 2. The predicted molar refractivity (Wildman–Crippen MR) is 64.6 cm³/mol. The molecule has 0 heterocycles. The van der Waals surface area contributed by atoms with Crippen LogP contribution in [-0.4, -0.2) is 12.1 Å². The van der Waals surface area contributed by atoms with E-state index < -0.39 is 5.97 Å². The molecule has 0 aromatic heterocycles. The van der Waals surface area contributed by atoms with Crippen LogP contribution in [0.4, 0.5) is 0 Å². The van der Waals surface area contributed by atoms with Crippen LogP contribution in [0, 0.1) is 0 Å². The Kier molecular flexibility index (Phi) is 3.00. The molecule has 0 bridgehead atoms. The van der Waals surface area contributed by atoms with Crippen molar-refractivity contribution in [3.8, 4) is 5.75 Å². The lowest BCUT2D eigenvalue weighted by molar-refractivity contribution is 0.0373. The van der Waals surface area contributed by atoms with Gasteiger partial charge in [0, 0.05) is 5.39 Å². The van der Waals surface area contributed by atoms with Crippen LogP contribution >= 0.6 is 0 Å². The minimum absolute atomic E-state index is 0.0948. The first-order chi connectivity index (χ1) is 8.09. The van der Waals surface area contributed by atoms with Gasteiger partial charge in [0.2, 0.25) is 5.75 Å². The fourth-order valence-electron chi connectivity index (χ4n) is 1.68. The maximum Gasteiger partial charge on any atom is 0.342 e. The Labute approximate surface area is 99.6 Å². The summed E-state index contributed by atoms with van der Waals surface area (Å²) in [6.45, 7) is 3.51. The largest absolute Gasteiger partial charge is 0.459 e. The molecule has 2 aromatic rings. The second kappa shape index (κ2) is 4.45. The van der Waals surface area contributed by atoms with E-state index in [9.17, 15) is 9.90 Å². The summed E-state index contributed by atoms with van der Waals surface area (Å²) in [5.41, 5.74) is 0.0948. The molecule has 0 aliphatic rings. The van der Waals surface area contributed by atoms with Crippen molar-refractivity contribution in [1.82, 2.24) is 0 Å². The lowest BCUT2D eigenvalue weighted by atomic mass is 10.1. The molecule has 0 aliphatic carbocycles. The van der Waals surface area contributed by atoms with Gasteiger partial charge in [-0.05, 0) is 25.3 Å². The summed E-state index contributed by atoms with van der Waals surface area (Å²) in [4.78, 5) is 11.7. The molecule has 0 saturated heterocycles. The highest BCUT2D eigenvalue weighted by atomic mass is 16.5. The summed E-state index contributed by atoms with van der Waals surface area (Å²) in [5.74, 6) is -0.829. The molecule has 0 saturated carbocycles. The van der Waals surface area contributed by atoms with E-state index >= 15 is 0 Å². The smallest absolute Gasteiger partial charge is 0.342 e. The molecule has 3 heteroatoms. The Morgan fingerprint density at radius 3 is 2.53 bits per heavy atom. The monoisotopic (exact) mass is 229 g/mol. The zero-order chi connectivity index (χ0) is 12.4. The molecule has 0 amide bonds. The average molecular weight is 229 g/mol. The first-order valence-corrected chi connectivity index (χ1v) is 5.49. The number of hydrogen-bond acceptors (Lipinski definition) is 2. The second-order valence-corrected chi connectivity index (χ2v) is 4.12. The van der Waals surface area contributed by atoms with E-state index in [1.807, 2.05) is 12.1 Å². The van der Waals surface area contributed by atoms with E-state index in [4.69, 9.17) is 4.74 Å². The molecule has 2 aromatic carbocycles. The van der Waals surface area contributed by atoms with Gasteiger partial charge in [-0.25, -0.2) is 4.79 Å². The van der Waals surface area contributed by atoms with Crippen LogP contribution in [0.5, 0.6) is 5.75 Å². The highest BCUT2D eigenvalue weighted by Gasteiger charge is 2.17. The van der Waals surface area contributed by atoms with Gasteiger partial charge in [0.25, 0.3) is 0 Å². The van der Waals surface area contributed by atoms with Crippen LogP contribution in [0.2, 0.25) is 0 Å². The fraction of sp³-hybridized carbons (Fsp3) is 0.214. The van der Waals surface area contributed by atoms with Gasteiger partial charge in [-0.15, -0.1) is 0 Å². The Morgan fingerprint density at radius 2 is 1.82 bits per heavy atom. The molecule has 1 radical (unpaired) electrons. The van der Waals surface area contributed by atoms with Crippen molar-refractivity contribution in [3.63, 3.8) is 0 Å². The summed E-state index contributed by atoms with van der Waals surface area (Å²) in [6, 6.07) is 10.5. The van der Waals surface area contributed by atoms with Gasteiger partial charge in [0.1, 0.15) is 5.56 Å². The number of ether oxygens (including phenoxy) is 1. The summed E-state index contributed by atoms with van der Waals surface area (Å²) >= 11 is 0. The van der Waals surface area contributed by atoms with E-state index in [1.54, 1.807) is 32.0 Å². The van der Waals surface area contributed by atoms with Gasteiger partial charge in [-0.2, -0.15) is 0 Å². The van der Waals surface area contributed by atoms with E-state index in [0.717, 1.165) is 5.39 Å². The van der Waals surface area contributed by atoms with Crippen molar-refractivity contribution >= 4 is 16.7 Å². The molecule has 0 fully saturated rings. The van der Waals surface area contributed by atoms with Crippen LogP contribution in [-0.2, 0) is 9.84 Å². The van der Waals surface area contributed by atoms with Crippen molar-refractivity contribution in [3.05, 3.63) is 42.0 Å². The predicted octanol–water partition coefficient (Wildman–Crippen LogP) is 3.55. The van der Waals surface area contributed by atoms with Crippen LogP contribution in [0.3, 0.4) is 0 Å².